The first-order chi connectivity index (χ1) is 11.1. The van der Waals surface area contributed by atoms with E-state index in [2.05, 4.69) is 29.2 Å². The number of ether oxygens (including phenoxy) is 1. The largest absolute Gasteiger partial charge is 0.492 e. The van der Waals surface area contributed by atoms with E-state index < -0.39 is 0 Å². The summed E-state index contributed by atoms with van der Waals surface area (Å²) in [6.45, 7) is 4.31. The molecule has 23 heavy (non-hydrogen) atoms. The summed E-state index contributed by atoms with van der Waals surface area (Å²) in [6, 6.07) is 7.75. The van der Waals surface area contributed by atoms with E-state index in [0.29, 0.717) is 42.8 Å². The maximum atomic E-state index is 11.9. The topological polar surface area (TPSA) is 44.8 Å². The molecule has 5 nitrogen and oxygen atoms in total. The van der Waals surface area contributed by atoms with Crippen LogP contribution in [-0.2, 0) is 4.79 Å². The molecule has 1 saturated heterocycles. The fourth-order valence-electron chi connectivity index (χ4n) is 2.62. The zero-order valence-electron chi connectivity index (χ0n) is 13.9. The number of amides is 1. The molecule has 1 fully saturated rings. The predicted molar refractivity (Wildman–Crippen MR) is 93.1 cm³/mol. The minimum Gasteiger partial charge on any atom is -0.492 e. The van der Waals surface area contributed by atoms with Crippen molar-refractivity contribution in [3.63, 3.8) is 0 Å². The molecule has 1 aromatic carbocycles. The number of benzene rings is 1. The van der Waals surface area contributed by atoms with Gasteiger partial charge >= 0.3 is 0 Å². The SMILES string of the molecule is CN1CCN(C)C(CNC(=O)CCCOc2ccccc2Cl)C1. The lowest BCUT2D eigenvalue weighted by Gasteiger charge is -2.37. The van der Waals surface area contributed by atoms with E-state index in [-0.39, 0.29) is 5.91 Å². The molecule has 1 aliphatic rings. The number of halogens is 1. The summed E-state index contributed by atoms with van der Waals surface area (Å²) in [5.41, 5.74) is 0. The van der Waals surface area contributed by atoms with Crippen molar-refractivity contribution in [1.82, 2.24) is 15.1 Å². The molecule has 1 N–H and O–H groups in total. The minimum atomic E-state index is 0.0781. The van der Waals surface area contributed by atoms with Crippen LogP contribution in [-0.4, -0.2) is 68.6 Å². The highest BCUT2D eigenvalue weighted by atomic mass is 35.5. The predicted octanol–water partition coefficient (Wildman–Crippen LogP) is 1.86. The fraction of sp³-hybridized carbons (Fsp3) is 0.588. The van der Waals surface area contributed by atoms with Crippen LogP contribution in [0.2, 0.25) is 5.02 Å². The zero-order valence-corrected chi connectivity index (χ0v) is 14.7. The summed E-state index contributed by atoms with van der Waals surface area (Å²) in [5, 5.41) is 3.62. The highest BCUT2D eigenvalue weighted by molar-refractivity contribution is 6.32. The number of hydrogen-bond donors (Lipinski definition) is 1. The van der Waals surface area contributed by atoms with Gasteiger partial charge in [-0.05, 0) is 32.6 Å². The van der Waals surface area contributed by atoms with Crippen molar-refractivity contribution in [2.75, 3.05) is 46.9 Å². The third-order valence-corrected chi connectivity index (χ3v) is 4.47. The third-order valence-electron chi connectivity index (χ3n) is 4.16. The van der Waals surface area contributed by atoms with Gasteiger partial charge in [0, 0.05) is 38.6 Å². The molecule has 1 aromatic rings. The van der Waals surface area contributed by atoms with Crippen molar-refractivity contribution < 1.29 is 9.53 Å². The van der Waals surface area contributed by atoms with Gasteiger partial charge in [0.2, 0.25) is 5.91 Å². The first kappa shape index (κ1) is 18.0. The molecule has 0 spiro atoms. The number of hydrogen-bond acceptors (Lipinski definition) is 4. The third kappa shape index (κ3) is 6.01. The molecular formula is C17H26ClN3O2. The van der Waals surface area contributed by atoms with E-state index in [4.69, 9.17) is 16.3 Å². The molecule has 1 unspecified atom stereocenters. The molecule has 0 radical (unpaired) electrons. The summed E-state index contributed by atoms with van der Waals surface area (Å²) >= 11 is 6.01. The lowest BCUT2D eigenvalue weighted by atomic mass is 10.2. The van der Waals surface area contributed by atoms with Crippen LogP contribution in [0, 0.1) is 0 Å². The van der Waals surface area contributed by atoms with Crippen molar-refractivity contribution in [2.45, 2.75) is 18.9 Å². The fourth-order valence-corrected chi connectivity index (χ4v) is 2.81. The number of nitrogens with one attached hydrogen (secondary N) is 1. The van der Waals surface area contributed by atoms with Gasteiger partial charge in [-0.25, -0.2) is 0 Å². The first-order valence-electron chi connectivity index (χ1n) is 8.09. The van der Waals surface area contributed by atoms with Crippen LogP contribution in [0.3, 0.4) is 0 Å². The molecule has 1 amide bonds. The number of para-hydroxylation sites is 1. The van der Waals surface area contributed by atoms with Crippen molar-refractivity contribution in [3.8, 4) is 5.75 Å². The summed E-state index contributed by atoms with van der Waals surface area (Å²) in [7, 11) is 4.23. The maximum Gasteiger partial charge on any atom is 0.220 e. The second kappa shape index (κ2) is 9.11. The summed E-state index contributed by atoms with van der Waals surface area (Å²) in [4.78, 5) is 16.5. The summed E-state index contributed by atoms with van der Waals surface area (Å²) in [5.74, 6) is 0.746. The Bertz CT molecular complexity index is 512. The Kier molecular flexibility index (Phi) is 7.15. The second-order valence-corrected chi connectivity index (χ2v) is 6.49. The van der Waals surface area contributed by atoms with E-state index in [9.17, 15) is 4.79 Å². The molecule has 0 aromatic heterocycles. The van der Waals surface area contributed by atoms with Gasteiger partial charge < -0.3 is 15.0 Å². The molecule has 1 atom stereocenters. The number of nitrogens with zero attached hydrogens (tertiary/aromatic N) is 2. The van der Waals surface area contributed by atoms with Gasteiger partial charge in [0.05, 0.1) is 11.6 Å². The number of piperazine rings is 1. The molecule has 0 saturated carbocycles. The lowest BCUT2D eigenvalue weighted by molar-refractivity contribution is -0.121. The van der Waals surface area contributed by atoms with Crippen LogP contribution in [0.25, 0.3) is 0 Å². The highest BCUT2D eigenvalue weighted by Crippen LogP contribution is 2.23. The van der Waals surface area contributed by atoms with Gasteiger partial charge in [0.25, 0.3) is 0 Å². The molecule has 128 valence electrons. The average Bonchev–Trinajstić information content (AvgIpc) is 2.54. The summed E-state index contributed by atoms with van der Waals surface area (Å²) < 4.78 is 5.59. The normalized spacial score (nSPS) is 19.5. The van der Waals surface area contributed by atoms with Gasteiger partial charge in [-0.2, -0.15) is 0 Å². The van der Waals surface area contributed by atoms with E-state index in [1.54, 1.807) is 6.07 Å². The number of rotatable bonds is 7. The van der Waals surface area contributed by atoms with E-state index >= 15 is 0 Å². The van der Waals surface area contributed by atoms with E-state index in [1.807, 2.05) is 18.2 Å². The smallest absolute Gasteiger partial charge is 0.220 e. The second-order valence-electron chi connectivity index (χ2n) is 6.08. The Morgan fingerprint density at radius 3 is 2.91 bits per heavy atom. The quantitative estimate of drug-likeness (QED) is 0.770. The van der Waals surface area contributed by atoms with Crippen LogP contribution in [0.1, 0.15) is 12.8 Å². The highest BCUT2D eigenvalue weighted by Gasteiger charge is 2.22. The molecule has 1 heterocycles. The van der Waals surface area contributed by atoms with Gasteiger partial charge in [0.1, 0.15) is 5.75 Å². The Morgan fingerprint density at radius 2 is 2.13 bits per heavy atom. The van der Waals surface area contributed by atoms with Gasteiger partial charge in [-0.3, -0.25) is 9.69 Å². The van der Waals surface area contributed by atoms with Crippen molar-refractivity contribution >= 4 is 17.5 Å². The molecule has 2 rings (SSSR count). The van der Waals surface area contributed by atoms with Crippen molar-refractivity contribution in [1.29, 1.82) is 0 Å². The number of likely N-dealkylation sites (N-methyl/N-ethyl adjacent to an activating group) is 2. The zero-order chi connectivity index (χ0) is 16.7. The first-order valence-corrected chi connectivity index (χ1v) is 8.47. The monoisotopic (exact) mass is 339 g/mol. The minimum absolute atomic E-state index is 0.0781. The average molecular weight is 340 g/mol. The van der Waals surface area contributed by atoms with Crippen molar-refractivity contribution in [3.05, 3.63) is 29.3 Å². The molecule has 1 aliphatic heterocycles. The van der Waals surface area contributed by atoms with Gasteiger partial charge in [-0.15, -0.1) is 0 Å². The van der Waals surface area contributed by atoms with Crippen molar-refractivity contribution in [2.24, 2.45) is 0 Å². The number of carbonyl (C=O) groups is 1. The Labute approximate surface area is 143 Å². The molecule has 0 bridgehead atoms. The Hall–Kier alpha value is -1.30. The molecular weight excluding hydrogens is 314 g/mol. The molecule has 6 heteroatoms. The standard InChI is InChI=1S/C17H26ClN3O2/c1-20-9-10-21(2)14(13-20)12-19-17(22)8-5-11-23-16-7-4-3-6-15(16)18/h3-4,6-7,14H,5,8-13H2,1-2H3,(H,19,22). The van der Waals surface area contributed by atoms with Gasteiger partial charge in [0.15, 0.2) is 0 Å². The van der Waals surface area contributed by atoms with Crippen LogP contribution in [0.5, 0.6) is 5.75 Å². The maximum absolute atomic E-state index is 11.9. The van der Waals surface area contributed by atoms with E-state index in [0.717, 1.165) is 19.6 Å². The molecule has 0 aliphatic carbocycles. The van der Waals surface area contributed by atoms with Gasteiger partial charge in [-0.1, -0.05) is 23.7 Å². The van der Waals surface area contributed by atoms with E-state index in [1.165, 1.54) is 0 Å². The Balaban J connectivity index is 1.61. The van der Waals surface area contributed by atoms with Crippen LogP contribution < -0.4 is 10.1 Å². The van der Waals surface area contributed by atoms with Crippen LogP contribution in [0.15, 0.2) is 24.3 Å². The van der Waals surface area contributed by atoms with Crippen LogP contribution in [0.4, 0.5) is 0 Å². The number of carbonyl (C=O) groups excluding carboxylic acids is 1. The lowest BCUT2D eigenvalue weighted by Crippen LogP contribution is -2.54. The van der Waals surface area contributed by atoms with Crippen LogP contribution >= 0.6 is 11.6 Å². The summed E-state index contributed by atoms with van der Waals surface area (Å²) in [6.07, 6.45) is 1.15. The Morgan fingerprint density at radius 1 is 1.35 bits per heavy atom.